The standard InChI is InChI=1S/C9H11ClNS/c10-8-6-11-9(12-8)7-4-2-1-3-5-7/h7H,1-5H2. The normalized spacial score (nSPS) is 19.8. The van der Waals surface area contributed by atoms with Gasteiger partial charge in [0.25, 0.3) is 0 Å². The minimum absolute atomic E-state index is 0.674. The van der Waals surface area contributed by atoms with Crippen LogP contribution in [0.3, 0.4) is 0 Å². The van der Waals surface area contributed by atoms with Gasteiger partial charge >= 0.3 is 0 Å². The van der Waals surface area contributed by atoms with Crippen molar-refractivity contribution in [3.63, 3.8) is 0 Å². The fourth-order valence-corrected chi connectivity index (χ4v) is 2.81. The first kappa shape index (κ1) is 8.52. The number of hydrogen-bond acceptors (Lipinski definition) is 2. The second-order valence-corrected chi connectivity index (χ2v) is 4.91. The van der Waals surface area contributed by atoms with Crippen molar-refractivity contribution < 1.29 is 0 Å². The third-order valence-corrected chi connectivity index (χ3v) is 3.62. The summed E-state index contributed by atoms with van der Waals surface area (Å²) in [5, 5.41) is 1.19. The van der Waals surface area contributed by atoms with Crippen molar-refractivity contribution in [2.24, 2.45) is 0 Å². The molecular formula is C9H11ClNS. The Balaban J connectivity index is 2.08. The minimum atomic E-state index is 0.674. The molecule has 1 fully saturated rings. The van der Waals surface area contributed by atoms with Gasteiger partial charge in [0.05, 0.1) is 5.01 Å². The monoisotopic (exact) mass is 200 g/mol. The number of thiazole rings is 1. The SMILES string of the molecule is Clc1[c]nc(C2CCCCC2)s1. The fourth-order valence-electron chi connectivity index (χ4n) is 1.76. The summed E-state index contributed by atoms with van der Waals surface area (Å²) in [4.78, 5) is 4.20. The molecule has 0 bridgehead atoms. The van der Waals surface area contributed by atoms with Gasteiger partial charge in [-0.2, -0.15) is 0 Å². The maximum atomic E-state index is 5.78. The van der Waals surface area contributed by atoms with Gasteiger partial charge in [0.2, 0.25) is 0 Å². The lowest BCUT2D eigenvalue weighted by atomic mass is 9.90. The Hall–Kier alpha value is -0.0800. The summed E-state index contributed by atoms with van der Waals surface area (Å²) in [5.41, 5.74) is 0. The van der Waals surface area contributed by atoms with Gasteiger partial charge in [0, 0.05) is 5.92 Å². The molecule has 1 radical (unpaired) electrons. The van der Waals surface area contributed by atoms with Gasteiger partial charge in [-0.1, -0.05) is 30.9 Å². The molecule has 12 heavy (non-hydrogen) atoms. The Morgan fingerprint density at radius 1 is 1.33 bits per heavy atom. The smallest absolute Gasteiger partial charge is 0.123 e. The van der Waals surface area contributed by atoms with E-state index in [4.69, 9.17) is 11.6 Å². The molecule has 2 rings (SSSR count). The van der Waals surface area contributed by atoms with Crippen LogP contribution in [0, 0.1) is 6.20 Å². The highest BCUT2D eigenvalue weighted by Gasteiger charge is 2.18. The molecule has 0 aliphatic heterocycles. The summed E-state index contributed by atoms with van der Waals surface area (Å²) in [6.45, 7) is 0. The van der Waals surface area contributed by atoms with Gasteiger partial charge in [-0.05, 0) is 12.8 Å². The average Bonchev–Trinajstić information content (AvgIpc) is 2.54. The molecule has 65 valence electrons. The first-order valence-electron chi connectivity index (χ1n) is 4.40. The van der Waals surface area contributed by atoms with Crippen LogP contribution in [-0.4, -0.2) is 4.98 Å². The van der Waals surface area contributed by atoms with Crippen LogP contribution in [0.4, 0.5) is 0 Å². The molecule has 1 aromatic heterocycles. The number of aromatic nitrogens is 1. The Morgan fingerprint density at radius 2 is 2.08 bits per heavy atom. The van der Waals surface area contributed by atoms with Crippen LogP contribution >= 0.6 is 22.9 Å². The summed E-state index contributed by atoms with van der Waals surface area (Å²) < 4.78 is 0.704. The zero-order chi connectivity index (χ0) is 8.39. The first-order valence-corrected chi connectivity index (χ1v) is 5.59. The second-order valence-electron chi connectivity index (χ2n) is 3.27. The summed E-state index contributed by atoms with van der Waals surface area (Å²) in [7, 11) is 0. The largest absolute Gasteiger partial charge is 0.238 e. The molecule has 1 aliphatic rings. The van der Waals surface area contributed by atoms with Crippen LogP contribution in [0.5, 0.6) is 0 Å². The van der Waals surface area contributed by atoms with E-state index in [1.807, 2.05) is 0 Å². The van der Waals surface area contributed by atoms with Crippen LogP contribution in [0.1, 0.15) is 43.0 Å². The lowest BCUT2D eigenvalue weighted by molar-refractivity contribution is 0.442. The van der Waals surface area contributed by atoms with Crippen molar-refractivity contribution in [3.05, 3.63) is 15.5 Å². The first-order chi connectivity index (χ1) is 5.86. The molecular weight excluding hydrogens is 190 g/mol. The van der Waals surface area contributed by atoms with Crippen molar-refractivity contribution >= 4 is 22.9 Å². The summed E-state index contributed by atoms with van der Waals surface area (Å²) in [5.74, 6) is 0.674. The van der Waals surface area contributed by atoms with E-state index >= 15 is 0 Å². The maximum absolute atomic E-state index is 5.78. The lowest BCUT2D eigenvalue weighted by Crippen LogP contribution is -2.03. The van der Waals surface area contributed by atoms with E-state index in [1.165, 1.54) is 37.1 Å². The predicted octanol–water partition coefficient (Wildman–Crippen LogP) is 3.64. The zero-order valence-corrected chi connectivity index (χ0v) is 8.42. The van der Waals surface area contributed by atoms with Gasteiger partial charge < -0.3 is 0 Å². The van der Waals surface area contributed by atoms with E-state index in [-0.39, 0.29) is 0 Å². The number of halogens is 1. The number of nitrogens with zero attached hydrogens (tertiary/aromatic N) is 1. The quantitative estimate of drug-likeness (QED) is 0.675. The molecule has 0 atom stereocenters. The highest BCUT2D eigenvalue weighted by molar-refractivity contribution is 7.15. The second kappa shape index (κ2) is 3.75. The van der Waals surface area contributed by atoms with Gasteiger partial charge in [0.15, 0.2) is 0 Å². The molecule has 3 heteroatoms. The molecule has 0 unspecified atom stereocenters. The van der Waals surface area contributed by atoms with E-state index in [0.29, 0.717) is 10.3 Å². The van der Waals surface area contributed by atoms with Crippen LogP contribution < -0.4 is 0 Å². The van der Waals surface area contributed by atoms with Crippen molar-refractivity contribution in [1.29, 1.82) is 0 Å². The molecule has 0 saturated heterocycles. The van der Waals surface area contributed by atoms with E-state index in [1.54, 1.807) is 11.3 Å². The fraction of sp³-hybridized carbons (Fsp3) is 0.667. The topological polar surface area (TPSA) is 12.9 Å². The van der Waals surface area contributed by atoms with Crippen molar-refractivity contribution in [2.45, 2.75) is 38.0 Å². The van der Waals surface area contributed by atoms with Gasteiger partial charge in [-0.15, -0.1) is 11.3 Å². The predicted molar refractivity (Wildman–Crippen MR) is 51.8 cm³/mol. The molecule has 1 aromatic rings. The van der Waals surface area contributed by atoms with Crippen LogP contribution in [-0.2, 0) is 0 Å². The van der Waals surface area contributed by atoms with Crippen LogP contribution in [0.25, 0.3) is 0 Å². The Bertz CT molecular complexity index is 253. The zero-order valence-electron chi connectivity index (χ0n) is 6.85. The number of hydrogen-bond donors (Lipinski definition) is 0. The molecule has 1 nitrogen and oxygen atoms in total. The van der Waals surface area contributed by atoms with Crippen molar-refractivity contribution in [1.82, 2.24) is 4.98 Å². The maximum Gasteiger partial charge on any atom is 0.123 e. The van der Waals surface area contributed by atoms with E-state index < -0.39 is 0 Å². The highest BCUT2D eigenvalue weighted by Crippen LogP contribution is 2.35. The summed E-state index contributed by atoms with van der Waals surface area (Å²) in [6, 6.07) is 0. The van der Waals surface area contributed by atoms with Gasteiger partial charge in [-0.3, -0.25) is 0 Å². The molecule has 0 amide bonds. The highest BCUT2D eigenvalue weighted by atomic mass is 35.5. The molecule has 1 saturated carbocycles. The van der Waals surface area contributed by atoms with E-state index in [9.17, 15) is 0 Å². The third kappa shape index (κ3) is 1.80. The van der Waals surface area contributed by atoms with Crippen molar-refractivity contribution in [3.8, 4) is 0 Å². The van der Waals surface area contributed by atoms with Gasteiger partial charge in [-0.25, -0.2) is 4.98 Å². The lowest BCUT2D eigenvalue weighted by Gasteiger charge is -2.18. The minimum Gasteiger partial charge on any atom is -0.238 e. The summed E-state index contributed by atoms with van der Waals surface area (Å²) >= 11 is 7.37. The molecule has 1 aliphatic carbocycles. The Morgan fingerprint density at radius 3 is 2.67 bits per heavy atom. The Kier molecular flexibility index (Phi) is 2.66. The molecule has 1 heterocycles. The van der Waals surface area contributed by atoms with Crippen molar-refractivity contribution in [2.75, 3.05) is 0 Å². The molecule has 0 aromatic carbocycles. The van der Waals surface area contributed by atoms with Gasteiger partial charge in [0.1, 0.15) is 10.5 Å². The molecule has 0 N–H and O–H groups in total. The molecule has 0 spiro atoms. The van der Waals surface area contributed by atoms with Crippen LogP contribution in [0.2, 0.25) is 4.34 Å². The number of rotatable bonds is 1. The summed E-state index contributed by atoms with van der Waals surface area (Å²) in [6.07, 6.45) is 9.46. The van der Waals surface area contributed by atoms with E-state index in [2.05, 4.69) is 11.2 Å². The third-order valence-electron chi connectivity index (χ3n) is 2.40. The Labute approximate surface area is 81.8 Å². The average molecular weight is 201 g/mol. The van der Waals surface area contributed by atoms with Crippen LogP contribution in [0.15, 0.2) is 0 Å². The van der Waals surface area contributed by atoms with E-state index in [0.717, 1.165) is 0 Å².